The number of carbonyl (C=O) groups is 1. The lowest BCUT2D eigenvalue weighted by atomic mass is 10.3. The number of nitrogens with zero attached hydrogens (tertiary/aromatic N) is 3. The van der Waals surface area contributed by atoms with Crippen LogP contribution in [0.25, 0.3) is 5.69 Å². The van der Waals surface area contributed by atoms with Crippen LogP contribution in [0.2, 0.25) is 5.02 Å². The van der Waals surface area contributed by atoms with Gasteiger partial charge in [0, 0.05) is 31.1 Å². The summed E-state index contributed by atoms with van der Waals surface area (Å²) < 4.78 is 46.1. The van der Waals surface area contributed by atoms with Gasteiger partial charge in [-0.1, -0.05) is 11.6 Å². The molecule has 3 rings (SSSR count). The molecule has 152 valence electrons. The summed E-state index contributed by atoms with van der Waals surface area (Å²) in [5, 5.41) is 6.25. The fourth-order valence-electron chi connectivity index (χ4n) is 2.44. The third kappa shape index (κ3) is 4.38. The van der Waals surface area contributed by atoms with Crippen molar-refractivity contribution in [2.45, 2.75) is 23.5 Å². The molecule has 1 aromatic carbocycles. The Hall–Kier alpha value is -2.98. The first-order valence-electron chi connectivity index (χ1n) is 8.29. The lowest BCUT2D eigenvalue weighted by molar-refractivity contribution is 0.140. The molecule has 1 N–H and O–H groups in total. The summed E-state index contributed by atoms with van der Waals surface area (Å²) in [6.07, 6.45) is 0.506. The van der Waals surface area contributed by atoms with Gasteiger partial charge in [0.15, 0.2) is 5.03 Å². The summed E-state index contributed by atoms with van der Waals surface area (Å²) in [7, 11) is -2.70. The van der Waals surface area contributed by atoms with E-state index in [1.165, 1.54) is 31.4 Å². The van der Waals surface area contributed by atoms with Crippen molar-refractivity contribution in [2.24, 2.45) is 0 Å². The van der Waals surface area contributed by atoms with Crippen LogP contribution in [-0.2, 0) is 21.2 Å². The molecule has 2 aromatic heterocycles. The SMILES string of the molecule is CNC(=O)OCc1cc(S(=O)(=O)c2ccc(C)nc2)n(-c2cc(F)ccc2Cl)n1. The van der Waals surface area contributed by atoms with Crippen molar-refractivity contribution in [1.29, 1.82) is 0 Å². The second kappa shape index (κ2) is 8.18. The van der Waals surface area contributed by atoms with E-state index in [1.54, 1.807) is 13.0 Å². The number of aromatic nitrogens is 3. The average molecular weight is 439 g/mol. The van der Waals surface area contributed by atoms with Gasteiger partial charge in [0.2, 0.25) is 9.84 Å². The molecule has 0 saturated heterocycles. The fraction of sp³-hybridized carbons (Fsp3) is 0.167. The van der Waals surface area contributed by atoms with Gasteiger partial charge >= 0.3 is 6.09 Å². The number of hydrogen-bond donors (Lipinski definition) is 1. The molecule has 3 aromatic rings. The first kappa shape index (κ1) is 20.7. The Kier molecular flexibility index (Phi) is 5.85. The third-order valence-corrected chi connectivity index (χ3v) is 5.91. The van der Waals surface area contributed by atoms with Crippen molar-refractivity contribution in [3.63, 3.8) is 0 Å². The van der Waals surface area contributed by atoms with Gasteiger partial charge in [0.1, 0.15) is 18.1 Å². The maximum Gasteiger partial charge on any atom is 0.407 e. The van der Waals surface area contributed by atoms with E-state index < -0.39 is 21.7 Å². The van der Waals surface area contributed by atoms with E-state index in [9.17, 15) is 17.6 Å². The van der Waals surface area contributed by atoms with Crippen LogP contribution in [0.1, 0.15) is 11.4 Å². The van der Waals surface area contributed by atoms with Crippen LogP contribution in [0, 0.1) is 12.7 Å². The third-order valence-electron chi connectivity index (χ3n) is 3.89. The molecule has 0 fully saturated rings. The molecule has 0 atom stereocenters. The highest BCUT2D eigenvalue weighted by atomic mass is 35.5. The molecule has 0 spiro atoms. The normalized spacial score (nSPS) is 11.3. The molecule has 0 unspecified atom stereocenters. The predicted octanol–water partition coefficient (Wildman–Crippen LogP) is 3.06. The molecule has 0 aliphatic carbocycles. The summed E-state index contributed by atoms with van der Waals surface area (Å²) in [5.74, 6) is -0.622. The number of pyridine rings is 1. The highest BCUT2D eigenvalue weighted by molar-refractivity contribution is 7.91. The zero-order valence-corrected chi connectivity index (χ0v) is 17.0. The van der Waals surface area contributed by atoms with Crippen molar-refractivity contribution in [2.75, 3.05) is 7.05 Å². The quantitative estimate of drug-likeness (QED) is 0.656. The van der Waals surface area contributed by atoms with Gasteiger partial charge in [-0.3, -0.25) is 4.98 Å². The van der Waals surface area contributed by atoms with Gasteiger partial charge in [0.25, 0.3) is 0 Å². The molecule has 2 heterocycles. The van der Waals surface area contributed by atoms with Crippen LogP contribution >= 0.6 is 11.6 Å². The molecule has 0 saturated carbocycles. The minimum absolute atomic E-state index is 0.0245. The van der Waals surface area contributed by atoms with E-state index in [4.69, 9.17) is 16.3 Å². The highest BCUT2D eigenvalue weighted by Crippen LogP contribution is 2.28. The Labute approximate surface area is 171 Å². The number of alkyl carbamates (subject to hydrolysis) is 1. The summed E-state index contributed by atoms with van der Waals surface area (Å²) in [6.45, 7) is 1.43. The number of amides is 1. The number of carbonyl (C=O) groups excluding carboxylic acids is 1. The number of hydrogen-bond acceptors (Lipinski definition) is 6. The predicted molar refractivity (Wildman–Crippen MR) is 102 cm³/mol. The van der Waals surface area contributed by atoms with E-state index in [-0.39, 0.29) is 32.9 Å². The molecule has 8 nitrogen and oxygen atoms in total. The Morgan fingerprint density at radius 2 is 2.03 bits per heavy atom. The Morgan fingerprint density at radius 3 is 2.69 bits per heavy atom. The number of halogens is 2. The number of benzene rings is 1. The van der Waals surface area contributed by atoms with Crippen LogP contribution in [-0.4, -0.2) is 36.3 Å². The zero-order chi connectivity index (χ0) is 21.2. The van der Waals surface area contributed by atoms with Gasteiger partial charge in [-0.2, -0.15) is 5.10 Å². The maximum atomic E-state index is 13.8. The molecular weight excluding hydrogens is 423 g/mol. The lowest BCUT2D eigenvalue weighted by Gasteiger charge is -2.10. The monoisotopic (exact) mass is 438 g/mol. The molecule has 1 amide bonds. The van der Waals surface area contributed by atoms with Crippen molar-refractivity contribution in [1.82, 2.24) is 20.1 Å². The minimum Gasteiger partial charge on any atom is -0.443 e. The van der Waals surface area contributed by atoms with Gasteiger partial charge in [-0.05, 0) is 31.2 Å². The van der Waals surface area contributed by atoms with Crippen molar-refractivity contribution >= 4 is 27.5 Å². The molecule has 0 radical (unpaired) electrons. The zero-order valence-electron chi connectivity index (χ0n) is 15.4. The first-order valence-corrected chi connectivity index (χ1v) is 10.1. The Morgan fingerprint density at radius 1 is 1.28 bits per heavy atom. The standard InChI is InChI=1S/C18H16ClFN4O4S/c1-11-3-5-14(9-22-11)29(26,27)17-8-13(10-28-18(25)21-2)23-24(17)16-7-12(20)4-6-15(16)19/h3-9H,10H2,1-2H3,(H,21,25). The number of rotatable bonds is 5. The molecule has 29 heavy (non-hydrogen) atoms. The van der Waals surface area contributed by atoms with Crippen molar-refractivity contribution < 1.29 is 22.3 Å². The van der Waals surface area contributed by atoms with E-state index in [2.05, 4.69) is 15.4 Å². The minimum atomic E-state index is -4.09. The number of nitrogens with one attached hydrogen (secondary N) is 1. The van der Waals surface area contributed by atoms with Crippen LogP contribution in [0.3, 0.4) is 0 Å². The van der Waals surface area contributed by atoms with Crippen molar-refractivity contribution in [3.8, 4) is 5.69 Å². The van der Waals surface area contributed by atoms with Gasteiger partial charge in [-0.15, -0.1) is 0 Å². The average Bonchev–Trinajstić information content (AvgIpc) is 3.13. The van der Waals surface area contributed by atoms with E-state index in [0.29, 0.717) is 5.69 Å². The molecule has 0 aliphatic heterocycles. The van der Waals surface area contributed by atoms with E-state index >= 15 is 0 Å². The number of aryl methyl sites for hydroxylation is 1. The Balaban J connectivity index is 2.15. The number of sulfone groups is 1. The number of ether oxygens (including phenoxy) is 1. The smallest absolute Gasteiger partial charge is 0.407 e. The van der Waals surface area contributed by atoms with E-state index in [1.807, 2.05) is 0 Å². The summed E-state index contributed by atoms with van der Waals surface area (Å²) in [4.78, 5) is 15.3. The van der Waals surface area contributed by atoms with Crippen LogP contribution in [0.4, 0.5) is 9.18 Å². The molecule has 11 heteroatoms. The topological polar surface area (TPSA) is 103 Å². The highest BCUT2D eigenvalue weighted by Gasteiger charge is 2.26. The first-order chi connectivity index (χ1) is 13.7. The van der Waals surface area contributed by atoms with Gasteiger partial charge in [0.05, 0.1) is 15.6 Å². The molecule has 0 bridgehead atoms. The van der Waals surface area contributed by atoms with E-state index in [0.717, 1.165) is 16.8 Å². The Bertz CT molecular complexity index is 1160. The van der Waals surface area contributed by atoms with Crippen LogP contribution in [0.15, 0.2) is 52.5 Å². The van der Waals surface area contributed by atoms with Crippen LogP contribution in [0.5, 0.6) is 0 Å². The van der Waals surface area contributed by atoms with Crippen LogP contribution < -0.4 is 5.32 Å². The summed E-state index contributed by atoms with van der Waals surface area (Å²) in [6, 6.07) is 7.69. The van der Waals surface area contributed by atoms with Crippen molar-refractivity contribution in [3.05, 3.63) is 64.8 Å². The molecule has 0 aliphatic rings. The van der Waals surface area contributed by atoms with Gasteiger partial charge in [-0.25, -0.2) is 22.3 Å². The maximum absolute atomic E-state index is 13.8. The molecular formula is C18H16ClFN4O4S. The summed E-state index contributed by atoms with van der Waals surface area (Å²) in [5.41, 5.74) is 0.800. The lowest BCUT2D eigenvalue weighted by Crippen LogP contribution is -2.19. The fourth-order valence-corrected chi connectivity index (χ4v) is 3.97. The second-order valence-electron chi connectivity index (χ2n) is 5.95. The largest absolute Gasteiger partial charge is 0.443 e. The second-order valence-corrected chi connectivity index (χ2v) is 8.25. The van der Waals surface area contributed by atoms with Gasteiger partial charge < -0.3 is 10.1 Å². The summed E-state index contributed by atoms with van der Waals surface area (Å²) >= 11 is 6.15.